The third-order valence-electron chi connectivity index (χ3n) is 3.15. The molecular weight excluding hydrogens is 240 g/mol. The number of aromatic nitrogens is 6. The number of imidazole rings is 1. The monoisotopic (exact) mass is 258 g/mol. The van der Waals surface area contributed by atoms with Gasteiger partial charge < -0.3 is 4.98 Å². The maximum atomic E-state index is 4.56. The minimum Gasteiger partial charge on any atom is -0.334 e. The van der Waals surface area contributed by atoms with Gasteiger partial charge in [0.25, 0.3) is 0 Å². The van der Waals surface area contributed by atoms with Crippen LogP contribution in [0.4, 0.5) is 0 Å². The van der Waals surface area contributed by atoms with Crippen LogP contribution in [0.15, 0.2) is 6.07 Å². The molecule has 0 unspecified atom stereocenters. The number of rotatable bonds is 3. The Balaban J connectivity index is 1.99. The minimum atomic E-state index is 0.607. The molecule has 0 spiro atoms. The molecule has 0 aliphatic heterocycles. The lowest BCUT2D eigenvalue weighted by Crippen LogP contribution is -1.93. The van der Waals surface area contributed by atoms with Crippen LogP contribution < -0.4 is 0 Å². The van der Waals surface area contributed by atoms with E-state index in [0.717, 1.165) is 40.5 Å². The summed E-state index contributed by atoms with van der Waals surface area (Å²) in [5.41, 5.74) is 4.78. The van der Waals surface area contributed by atoms with Gasteiger partial charge >= 0.3 is 0 Å². The standard InChI is InChI=1S/C13H18N6/c1-7(2)5-9-6-10(17-16-9)12-14-11-8(3)18-19(4)13(11)15-12/h6-7H,5H2,1-4H3,(H,14,15)(H,16,17). The summed E-state index contributed by atoms with van der Waals surface area (Å²) in [4.78, 5) is 7.85. The van der Waals surface area contributed by atoms with Crippen molar-refractivity contribution in [2.45, 2.75) is 27.2 Å². The summed E-state index contributed by atoms with van der Waals surface area (Å²) < 4.78 is 1.78. The average Bonchev–Trinajstić information content (AvgIpc) is 2.97. The van der Waals surface area contributed by atoms with Gasteiger partial charge in [-0.3, -0.25) is 5.10 Å². The third-order valence-corrected chi connectivity index (χ3v) is 3.15. The van der Waals surface area contributed by atoms with Gasteiger partial charge in [0.15, 0.2) is 11.5 Å². The molecule has 3 aromatic rings. The van der Waals surface area contributed by atoms with Crippen LogP contribution in [-0.2, 0) is 13.5 Å². The Morgan fingerprint density at radius 2 is 2.16 bits per heavy atom. The Morgan fingerprint density at radius 3 is 2.84 bits per heavy atom. The molecule has 0 aliphatic rings. The number of fused-ring (bicyclic) bond motifs is 1. The van der Waals surface area contributed by atoms with Crippen molar-refractivity contribution in [3.05, 3.63) is 17.5 Å². The van der Waals surface area contributed by atoms with Crippen LogP contribution in [0, 0.1) is 12.8 Å². The highest BCUT2D eigenvalue weighted by atomic mass is 15.3. The smallest absolute Gasteiger partial charge is 0.176 e. The summed E-state index contributed by atoms with van der Waals surface area (Å²) in [5.74, 6) is 1.40. The van der Waals surface area contributed by atoms with E-state index in [0.29, 0.717) is 5.92 Å². The van der Waals surface area contributed by atoms with Gasteiger partial charge in [0.05, 0.1) is 5.69 Å². The van der Waals surface area contributed by atoms with E-state index in [2.05, 4.69) is 45.2 Å². The van der Waals surface area contributed by atoms with Crippen LogP contribution in [-0.4, -0.2) is 29.9 Å². The molecule has 0 bridgehead atoms. The second-order valence-corrected chi connectivity index (χ2v) is 5.37. The fraction of sp³-hybridized carbons (Fsp3) is 0.462. The zero-order valence-electron chi connectivity index (χ0n) is 11.7. The topological polar surface area (TPSA) is 75.2 Å². The highest BCUT2D eigenvalue weighted by Gasteiger charge is 2.14. The minimum absolute atomic E-state index is 0.607. The molecule has 0 saturated heterocycles. The molecule has 3 rings (SSSR count). The summed E-state index contributed by atoms with van der Waals surface area (Å²) in [6.45, 7) is 6.35. The van der Waals surface area contributed by atoms with Crippen molar-refractivity contribution in [2.75, 3.05) is 0 Å². The van der Waals surface area contributed by atoms with E-state index >= 15 is 0 Å². The van der Waals surface area contributed by atoms with Crippen molar-refractivity contribution in [1.82, 2.24) is 29.9 Å². The van der Waals surface area contributed by atoms with E-state index in [4.69, 9.17) is 0 Å². The molecule has 100 valence electrons. The first-order chi connectivity index (χ1) is 9.04. The van der Waals surface area contributed by atoms with Crippen molar-refractivity contribution < 1.29 is 0 Å². The maximum absolute atomic E-state index is 4.56. The fourth-order valence-corrected chi connectivity index (χ4v) is 2.32. The second-order valence-electron chi connectivity index (χ2n) is 5.37. The molecule has 0 aromatic carbocycles. The zero-order chi connectivity index (χ0) is 13.6. The molecule has 0 atom stereocenters. The lowest BCUT2D eigenvalue weighted by Gasteiger charge is -1.98. The van der Waals surface area contributed by atoms with Crippen LogP contribution in [0.1, 0.15) is 25.2 Å². The van der Waals surface area contributed by atoms with Crippen LogP contribution in [0.5, 0.6) is 0 Å². The zero-order valence-corrected chi connectivity index (χ0v) is 11.7. The van der Waals surface area contributed by atoms with Gasteiger partial charge in [0, 0.05) is 12.7 Å². The highest BCUT2D eigenvalue weighted by Crippen LogP contribution is 2.21. The van der Waals surface area contributed by atoms with Crippen molar-refractivity contribution in [3.63, 3.8) is 0 Å². The molecule has 3 aromatic heterocycles. The van der Waals surface area contributed by atoms with Crippen molar-refractivity contribution >= 4 is 11.2 Å². The number of nitrogens with one attached hydrogen (secondary N) is 2. The number of hydrogen-bond donors (Lipinski definition) is 2. The molecular formula is C13H18N6. The van der Waals surface area contributed by atoms with E-state index in [9.17, 15) is 0 Å². The molecule has 6 heteroatoms. The molecule has 6 nitrogen and oxygen atoms in total. The maximum Gasteiger partial charge on any atom is 0.176 e. The van der Waals surface area contributed by atoms with Gasteiger partial charge in [-0.1, -0.05) is 13.8 Å². The number of nitrogens with zero attached hydrogens (tertiary/aromatic N) is 4. The van der Waals surface area contributed by atoms with Crippen LogP contribution in [0.25, 0.3) is 22.7 Å². The largest absolute Gasteiger partial charge is 0.334 e. The quantitative estimate of drug-likeness (QED) is 0.756. The van der Waals surface area contributed by atoms with E-state index in [1.807, 2.05) is 14.0 Å². The molecule has 0 saturated carbocycles. The van der Waals surface area contributed by atoms with Crippen molar-refractivity contribution in [3.8, 4) is 11.5 Å². The first-order valence-electron chi connectivity index (χ1n) is 6.48. The van der Waals surface area contributed by atoms with Gasteiger partial charge in [-0.05, 0) is 25.3 Å². The summed E-state index contributed by atoms with van der Waals surface area (Å²) in [5, 5.41) is 11.7. The van der Waals surface area contributed by atoms with E-state index in [-0.39, 0.29) is 0 Å². The third kappa shape index (κ3) is 2.03. The van der Waals surface area contributed by atoms with Crippen molar-refractivity contribution in [1.29, 1.82) is 0 Å². The summed E-state index contributed by atoms with van der Waals surface area (Å²) in [7, 11) is 1.90. The van der Waals surface area contributed by atoms with Crippen LogP contribution in [0.3, 0.4) is 0 Å². The number of aryl methyl sites for hydroxylation is 2. The number of hydrogen-bond acceptors (Lipinski definition) is 3. The van der Waals surface area contributed by atoms with Gasteiger partial charge in [0.2, 0.25) is 0 Å². The van der Waals surface area contributed by atoms with Gasteiger partial charge in [-0.15, -0.1) is 0 Å². The number of aromatic amines is 2. The molecule has 2 N–H and O–H groups in total. The molecule has 0 aliphatic carbocycles. The Kier molecular flexibility index (Phi) is 2.66. The summed E-state index contributed by atoms with van der Waals surface area (Å²) in [6, 6.07) is 2.06. The van der Waals surface area contributed by atoms with E-state index in [1.54, 1.807) is 4.68 Å². The van der Waals surface area contributed by atoms with E-state index < -0.39 is 0 Å². The lowest BCUT2D eigenvalue weighted by atomic mass is 10.1. The average molecular weight is 258 g/mol. The second kappa shape index (κ2) is 4.22. The SMILES string of the molecule is Cc1nn(C)c2nc(-c3cc(CC(C)C)[nH]n3)[nH]c12. The first kappa shape index (κ1) is 12.0. The Bertz CT molecular complexity index is 680. The fourth-order valence-electron chi connectivity index (χ4n) is 2.32. The molecule has 0 radical (unpaired) electrons. The lowest BCUT2D eigenvalue weighted by molar-refractivity contribution is 0.633. The normalized spacial score (nSPS) is 11.8. The van der Waals surface area contributed by atoms with Crippen LogP contribution in [0.2, 0.25) is 0 Å². The number of H-pyrrole nitrogens is 2. The Labute approximate surface area is 111 Å². The first-order valence-corrected chi connectivity index (χ1v) is 6.48. The predicted octanol–water partition coefficient (Wildman–Crippen LogP) is 2.19. The molecule has 3 heterocycles. The van der Waals surface area contributed by atoms with Crippen molar-refractivity contribution in [2.24, 2.45) is 13.0 Å². The highest BCUT2D eigenvalue weighted by molar-refractivity contribution is 5.78. The Morgan fingerprint density at radius 1 is 1.37 bits per heavy atom. The van der Waals surface area contributed by atoms with Gasteiger partial charge in [-0.25, -0.2) is 9.67 Å². The predicted molar refractivity (Wildman–Crippen MR) is 73.7 cm³/mol. The molecule has 0 fully saturated rings. The summed E-state index contributed by atoms with van der Waals surface area (Å²) >= 11 is 0. The van der Waals surface area contributed by atoms with E-state index in [1.165, 1.54) is 0 Å². The molecule has 19 heavy (non-hydrogen) atoms. The summed E-state index contributed by atoms with van der Waals surface area (Å²) in [6.07, 6.45) is 0.994. The molecule has 0 amide bonds. The van der Waals surface area contributed by atoms with Gasteiger partial charge in [-0.2, -0.15) is 10.2 Å². The Hall–Kier alpha value is -2.11. The van der Waals surface area contributed by atoms with Crippen LogP contribution >= 0.6 is 0 Å². The van der Waals surface area contributed by atoms with Gasteiger partial charge in [0.1, 0.15) is 11.2 Å².